The van der Waals surface area contributed by atoms with E-state index < -0.39 is 5.97 Å². The molecule has 3 aromatic rings. The molecule has 0 unspecified atom stereocenters. The van der Waals surface area contributed by atoms with E-state index in [4.69, 9.17) is 11.6 Å². The Morgan fingerprint density at radius 1 is 1.19 bits per heavy atom. The maximum Gasteiger partial charge on any atom is 0.358 e. The number of nitrogens with zero attached hydrogens (tertiary/aromatic N) is 4. The molecule has 0 amide bonds. The van der Waals surface area contributed by atoms with Gasteiger partial charge in [0.2, 0.25) is 0 Å². The summed E-state index contributed by atoms with van der Waals surface area (Å²) in [6, 6.07) is 10.5. The lowest BCUT2D eigenvalue weighted by Gasteiger charge is -2.08. The van der Waals surface area contributed by atoms with E-state index in [0.717, 1.165) is 0 Å². The molecule has 1 N–H and O–H groups in total. The van der Waals surface area contributed by atoms with Gasteiger partial charge in [0.05, 0.1) is 10.7 Å². The predicted molar refractivity (Wildman–Crippen MR) is 76.6 cm³/mol. The van der Waals surface area contributed by atoms with Crippen LogP contribution in [-0.4, -0.2) is 31.1 Å². The molecule has 0 saturated carbocycles. The Balaban J connectivity index is 2.28. The van der Waals surface area contributed by atoms with Crippen LogP contribution in [0.3, 0.4) is 0 Å². The largest absolute Gasteiger partial charge is 0.476 e. The Morgan fingerprint density at radius 3 is 2.67 bits per heavy atom. The highest BCUT2D eigenvalue weighted by atomic mass is 35.5. The molecule has 3 rings (SSSR count). The molecule has 0 aliphatic heterocycles. The number of aromatic carboxylic acids is 1. The monoisotopic (exact) mass is 300 g/mol. The van der Waals surface area contributed by atoms with E-state index in [1.807, 2.05) is 0 Å². The van der Waals surface area contributed by atoms with E-state index in [9.17, 15) is 9.90 Å². The Hall–Kier alpha value is -2.73. The number of pyridine rings is 1. The van der Waals surface area contributed by atoms with E-state index in [0.29, 0.717) is 22.0 Å². The topological polar surface area (TPSA) is 80.9 Å². The minimum absolute atomic E-state index is 0.150. The number of carboxylic acid groups (broad SMARTS) is 1. The normalized spacial score (nSPS) is 10.5. The van der Waals surface area contributed by atoms with Gasteiger partial charge in [-0.05, 0) is 24.3 Å². The van der Waals surface area contributed by atoms with Crippen LogP contribution in [0.2, 0.25) is 5.02 Å². The average molecular weight is 301 g/mol. The molecule has 1 aromatic carbocycles. The third kappa shape index (κ3) is 2.36. The Kier molecular flexibility index (Phi) is 3.37. The molecule has 6 nitrogen and oxygen atoms in total. The fourth-order valence-electron chi connectivity index (χ4n) is 1.98. The number of benzene rings is 1. The van der Waals surface area contributed by atoms with Crippen LogP contribution in [0.5, 0.6) is 0 Å². The van der Waals surface area contributed by atoms with Crippen molar-refractivity contribution in [3.63, 3.8) is 0 Å². The molecule has 0 bridgehead atoms. The van der Waals surface area contributed by atoms with Crippen LogP contribution in [0.1, 0.15) is 10.5 Å². The molecular formula is C14H9ClN4O2. The minimum atomic E-state index is -1.16. The van der Waals surface area contributed by atoms with Gasteiger partial charge >= 0.3 is 5.97 Å². The first kappa shape index (κ1) is 13.3. The van der Waals surface area contributed by atoms with Gasteiger partial charge < -0.3 is 5.11 Å². The fraction of sp³-hybridized carbons (Fsp3) is 0. The van der Waals surface area contributed by atoms with Crippen molar-refractivity contribution in [1.82, 2.24) is 20.0 Å². The van der Waals surface area contributed by atoms with Gasteiger partial charge in [0.1, 0.15) is 5.69 Å². The molecule has 2 heterocycles. The fourth-order valence-corrected chi connectivity index (χ4v) is 2.20. The SMILES string of the molecule is O=C(O)c1nnn(-c2ccccc2Cl)c1-c1cccnc1. The summed E-state index contributed by atoms with van der Waals surface area (Å²) in [5, 5.41) is 17.4. The smallest absolute Gasteiger partial charge is 0.358 e. The summed E-state index contributed by atoms with van der Waals surface area (Å²) in [5.41, 5.74) is 1.34. The second-order valence-corrected chi connectivity index (χ2v) is 4.60. The van der Waals surface area contributed by atoms with E-state index >= 15 is 0 Å². The first-order chi connectivity index (χ1) is 10.2. The third-order valence-electron chi connectivity index (χ3n) is 2.89. The second-order valence-electron chi connectivity index (χ2n) is 4.20. The van der Waals surface area contributed by atoms with E-state index in [2.05, 4.69) is 15.3 Å². The first-order valence-corrected chi connectivity index (χ1v) is 6.40. The van der Waals surface area contributed by atoms with Crippen LogP contribution in [0.4, 0.5) is 0 Å². The molecule has 104 valence electrons. The number of hydrogen-bond donors (Lipinski definition) is 1. The van der Waals surface area contributed by atoms with Crippen molar-refractivity contribution in [2.75, 3.05) is 0 Å². The average Bonchev–Trinajstić information content (AvgIpc) is 2.93. The molecule has 2 aromatic heterocycles. The highest BCUT2D eigenvalue weighted by molar-refractivity contribution is 6.32. The summed E-state index contributed by atoms with van der Waals surface area (Å²) in [6.07, 6.45) is 3.16. The molecule has 0 saturated heterocycles. The number of rotatable bonds is 3. The van der Waals surface area contributed by atoms with Crippen molar-refractivity contribution in [3.05, 3.63) is 59.5 Å². The van der Waals surface area contributed by atoms with Crippen molar-refractivity contribution in [2.24, 2.45) is 0 Å². The molecule has 0 fully saturated rings. The van der Waals surface area contributed by atoms with Crippen LogP contribution in [0.15, 0.2) is 48.8 Å². The van der Waals surface area contributed by atoms with E-state index in [-0.39, 0.29) is 5.69 Å². The maximum atomic E-state index is 11.4. The number of carbonyl (C=O) groups is 1. The summed E-state index contributed by atoms with van der Waals surface area (Å²) in [4.78, 5) is 15.4. The lowest BCUT2D eigenvalue weighted by atomic mass is 10.1. The van der Waals surface area contributed by atoms with E-state index in [1.165, 1.54) is 4.68 Å². The molecule has 0 aliphatic rings. The van der Waals surface area contributed by atoms with Crippen LogP contribution in [0, 0.1) is 0 Å². The Labute approximate surface area is 124 Å². The number of hydrogen-bond acceptors (Lipinski definition) is 4. The third-order valence-corrected chi connectivity index (χ3v) is 3.21. The van der Waals surface area contributed by atoms with Crippen LogP contribution >= 0.6 is 11.6 Å². The zero-order valence-corrected chi connectivity index (χ0v) is 11.4. The summed E-state index contributed by atoms with van der Waals surface area (Å²) in [5.74, 6) is -1.16. The van der Waals surface area contributed by atoms with Gasteiger partial charge in [-0.1, -0.05) is 28.9 Å². The summed E-state index contributed by atoms with van der Waals surface area (Å²) in [7, 11) is 0. The minimum Gasteiger partial charge on any atom is -0.476 e. The van der Waals surface area contributed by atoms with Gasteiger partial charge in [-0.15, -0.1) is 5.10 Å². The molecule has 0 radical (unpaired) electrons. The molecule has 0 spiro atoms. The molecule has 0 atom stereocenters. The van der Waals surface area contributed by atoms with Crippen LogP contribution < -0.4 is 0 Å². The lowest BCUT2D eigenvalue weighted by Crippen LogP contribution is -2.03. The van der Waals surface area contributed by atoms with Crippen LogP contribution in [0.25, 0.3) is 16.9 Å². The highest BCUT2D eigenvalue weighted by Crippen LogP contribution is 2.27. The van der Waals surface area contributed by atoms with E-state index in [1.54, 1.807) is 48.8 Å². The summed E-state index contributed by atoms with van der Waals surface area (Å²) >= 11 is 6.16. The van der Waals surface area contributed by atoms with Gasteiger partial charge in [-0.25, -0.2) is 9.48 Å². The quantitative estimate of drug-likeness (QED) is 0.804. The standard InChI is InChI=1S/C14H9ClN4O2/c15-10-5-1-2-6-11(10)19-13(9-4-3-7-16-8-9)12(14(20)21)17-18-19/h1-8H,(H,20,21). The molecule has 0 aliphatic carbocycles. The van der Waals surface area contributed by atoms with Crippen molar-refractivity contribution < 1.29 is 9.90 Å². The van der Waals surface area contributed by atoms with Gasteiger partial charge in [-0.3, -0.25) is 4.98 Å². The number of para-hydroxylation sites is 1. The Bertz CT molecular complexity index is 802. The number of carboxylic acids is 1. The maximum absolute atomic E-state index is 11.4. The summed E-state index contributed by atoms with van der Waals surface area (Å²) in [6.45, 7) is 0. The van der Waals surface area contributed by atoms with Crippen molar-refractivity contribution in [2.45, 2.75) is 0 Å². The lowest BCUT2D eigenvalue weighted by molar-refractivity contribution is 0.0691. The number of halogens is 1. The zero-order chi connectivity index (χ0) is 14.8. The molecular weight excluding hydrogens is 292 g/mol. The highest BCUT2D eigenvalue weighted by Gasteiger charge is 2.22. The predicted octanol–water partition coefficient (Wildman–Crippen LogP) is 2.68. The van der Waals surface area contributed by atoms with Gasteiger partial charge in [0, 0.05) is 18.0 Å². The summed E-state index contributed by atoms with van der Waals surface area (Å²) < 4.78 is 1.41. The van der Waals surface area contributed by atoms with Crippen molar-refractivity contribution in [3.8, 4) is 16.9 Å². The second kappa shape index (κ2) is 5.34. The van der Waals surface area contributed by atoms with Gasteiger partial charge in [0.15, 0.2) is 5.69 Å². The molecule has 7 heteroatoms. The first-order valence-electron chi connectivity index (χ1n) is 6.03. The van der Waals surface area contributed by atoms with Crippen LogP contribution in [-0.2, 0) is 0 Å². The Morgan fingerprint density at radius 2 is 2.00 bits per heavy atom. The van der Waals surface area contributed by atoms with Gasteiger partial charge in [-0.2, -0.15) is 0 Å². The zero-order valence-electron chi connectivity index (χ0n) is 10.6. The van der Waals surface area contributed by atoms with Gasteiger partial charge in [0.25, 0.3) is 0 Å². The van der Waals surface area contributed by atoms with Crippen molar-refractivity contribution in [1.29, 1.82) is 0 Å². The molecule has 21 heavy (non-hydrogen) atoms. The number of aromatic nitrogens is 4. The van der Waals surface area contributed by atoms with Crippen molar-refractivity contribution >= 4 is 17.6 Å².